The average molecular weight is 302 g/mol. The zero-order chi connectivity index (χ0) is 12.6. The molecule has 0 radical (unpaired) electrons. The van der Waals surface area contributed by atoms with E-state index in [9.17, 15) is 14.7 Å². The fourth-order valence-electron chi connectivity index (χ4n) is 2.10. The molecule has 0 atom stereocenters. The molecule has 0 unspecified atom stereocenters. The van der Waals surface area contributed by atoms with Crippen LogP contribution in [-0.2, 0) is 17.7 Å². The van der Waals surface area contributed by atoms with Crippen molar-refractivity contribution in [3.63, 3.8) is 0 Å². The zero-order valence-corrected chi connectivity index (χ0v) is 10.9. The van der Waals surface area contributed by atoms with Gasteiger partial charge in [0.05, 0.1) is 7.11 Å². The molecule has 0 spiro atoms. The van der Waals surface area contributed by atoms with Crippen LogP contribution in [0.1, 0.15) is 28.9 Å². The van der Waals surface area contributed by atoms with Crippen LogP contribution in [0.25, 0.3) is 0 Å². The van der Waals surface area contributed by atoms with Crippen LogP contribution in [0.2, 0.25) is 0 Å². The standard InChI is InChI=1S/C11H12BrNO4/c1-17-11(16)7-6-4-2-3-5-13(6)10(15)8(12)9(7)14/h14H,2-5H2,1H3. The highest BCUT2D eigenvalue weighted by atomic mass is 79.9. The number of fused-ring (bicyclic) bond motifs is 1. The molecular weight excluding hydrogens is 290 g/mol. The smallest absolute Gasteiger partial charge is 0.343 e. The minimum Gasteiger partial charge on any atom is -0.506 e. The molecule has 6 heteroatoms. The summed E-state index contributed by atoms with van der Waals surface area (Å²) in [5, 5.41) is 9.87. The molecule has 92 valence electrons. The van der Waals surface area contributed by atoms with Crippen molar-refractivity contribution in [1.29, 1.82) is 0 Å². The number of nitrogens with zero attached hydrogens (tertiary/aromatic N) is 1. The van der Waals surface area contributed by atoms with Gasteiger partial charge >= 0.3 is 5.97 Å². The Kier molecular flexibility index (Phi) is 3.24. The molecule has 0 saturated carbocycles. The van der Waals surface area contributed by atoms with Crippen LogP contribution in [-0.4, -0.2) is 22.8 Å². The molecule has 2 heterocycles. The number of halogens is 1. The van der Waals surface area contributed by atoms with E-state index in [2.05, 4.69) is 20.7 Å². The van der Waals surface area contributed by atoms with Crippen molar-refractivity contribution >= 4 is 21.9 Å². The summed E-state index contributed by atoms with van der Waals surface area (Å²) in [4.78, 5) is 23.6. The lowest BCUT2D eigenvalue weighted by Crippen LogP contribution is -2.30. The van der Waals surface area contributed by atoms with Gasteiger partial charge in [-0.2, -0.15) is 0 Å². The molecule has 0 fully saturated rings. The minimum absolute atomic E-state index is 0.0172. The van der Waals surface area contributed by atoms with E-state index >= 15 is 0 Å². The number of pyridine rings is 1. The maximum atomic E-state index is 11.9. The van der Waals surface area contributed by atoms with Crippen molar-refractivity contribution < 1.29 is 14.6 Å². The summed E-state index contributed by atoms with van der Waals surface area (Å²) in [5.74, 6) is -0.941. The first-order chi connectivity index (χ1) is 8.07. The highest BCUT2D eigenvalue weighted by Crippen LogP contribution is 2.30. The number of aromatic hydroxyl groups is 1. The van der Waals surface area contributed by atoms with Crippen LogP contribution in [0, 0.1) is 0 Å². The number of carbonyl (C=O) groups is 1. The lowest BCUT2D eigenvalue weighted by atomic mass is 10.0. The van der Waals surface area contributed by atoms with Crippen molar-refractivity contribution in [3.05, 3.63) is 26.1 Å². The van der Waals surface area contributed by atoms with Crippen molar-refractivity contribution in [2.45, 2.75) is 25.8 Å². The largest absolute Gasteiger partial charge is 0.506 e. The molecule has 1 aliphatic heterocycles. The molecule has 2 rings (SSSR count). The molecule has 17 heavy (non-hydrogen) atoms. The topological polar surface area (TPSA) is 68.5 Å². The molecular formula is C11H12BrNO4. The van der Waals surface area contributed by atoms with Crippen molar-refractivity contribution in [1.82, 2.24) is 4.57 Å². The fourth-order valence-corrected chi connectivity index (χ4v) is 2.51. The third-order valence-electron chi connectivity index (χ3n) is 2.93. The fraction of sp³-hybridized carbons (Fsp3) is 0.455. The Morgan fingerprint density at radius 2 is 2.18 bits per heavy atom. The van der Waals surface area contributed by atoms with Crippen LogP contribution >= 0.6 is 15.9 Å². The monoisotopic (exact) mass is 301 g/mol. The molecule has 0 aromatic carbocycles. The van der Waals surface area contributed by atoms with Crippen LogP contribution in [0.5, 0.6) is 5.75 Å². The van der Waals surface area contributed by atoms with Gasteiger partial charge in [-0.3, -0.25) is 4.79 Å². The Balaban J connectivity index is 2.77. The van der Waals surface area contributed by atoms with Gasteiger partial charge in [-0.05, 0) is 35.2 Å². The molecule has 0 saturated heterocycles. The van der Waals surface area contributed by atoms with Crippen molar-refractivity contribution in [2.75, 3.05) is 7.11 Å². The third kappa shape index (κ3) is 1.86. The van der Waals surface area contributed by atoms with Gasteiger partial charge in [0.1, 0.15) is 10.0 Å². The average Bonchev–Trinajstić information content (AvgIpc) is 2.36. The Hall–Kier alpha value is -1.30. The molecule has 1 aliphatic rings. The lowest BCUT2D eigenvalue weighted by molar-refractivity contribution is 0.0594. The van der Waals surface area contributed by atoms with Gasteiger partial charge in [0.25, 0.3) is 5.56 Å². The van der Waals surface area contributed by atoms with Crippen LogP contribution in [0.4, 0.5) is 0 Å². The molecule has 1 aromatic heterocycles. The first kappa shape index (κ1) is 12.2. The number of esters is 1. The molecule has 1 N–H and O–H groups in total. The molecule has 0 bridgehead atoms. The summed E-state index contributed by atoms with van der Waals surface area (Å²) >= 11 is 3.02. The number of carbonyl (C=O) groups excluding carboxylic acids is 1. The number of hydrogen-bond acceptors (Lipinski definition) is 4. The summed E-state index contributed by atoms with van der Waals surface area (Å²) in [6.07, 6.45) is 2.38. The molecule has 1 aromatic rings. The summed E-state index contributed by atoms with van der Waals surface area (Å²) < 4.78 is 6.19. The van der Waals surface area contributed by atoms with Crippen molar-refractivity contribution in [2.24, 2.45) is 0 Å². The van der Waals surface area contributed by atoms with E-state index in [4.69, 9.17) is 0 Å². The normalized spacial score (nSPS) is 14.2. The highest BCUT2D eigenvalue weighted by Gasteiger charge is 2.26. The number of ether oxygens (including phenoxy) is 1. The van der Waals surface area contributed by atoms with Gasteiger partial charge in [0, 0.05) is 12.2 Å². The predicted octanol–water partition coefficient (Wildman–Crippen LogP) is 1.44. The summed E-state index contributed by atoms with van der Waals surface area (Å²) in [6, 6.07) is 0. The van der Waals surface area contributed by atoms with E-state index in [1.54, 1.807) is 0 Å². The number of aromatic nitrogens is 1. The third-order valence-corrected chi connectivity index (χ3v) is 3.64. The van der Waals surface area contributed by atoms with E-state index in [1.165, 1.54) is 11.7 Å². The minimum atomic E-state index is -0.617. The van der Waals surface area contributed by atoms with Crippen LogP contribution in [0.3, 0.4) is 0 Å². The number of rotatable bonds is 1. The van der Waals surface area contributed by atoms with Gasteiger partial charge in [0.2, 0.25) is 0 Å². The quantitative estimate of drug-likeness (QED) is 0.797. The highest BCUT2D eigenvalue weighted by molar-refractivity contribution is 9.10. The molecule has 5 nitrogen and oxygen atoms in total. The summed E-state index contributed by atoms with van der Waals surface area (Å²) in [6.45, 7) is 0.567. The van der Waals surface area contributed by atoms with Crippen molar-refractivity contribution in [3.8, 4) is 5.75 Å². The van der Waals surface area contributed by atoms with Gasteiger partial charge in [-0.1, -0.05) is 0 Å². The first-order valence-corrected chi connectivity index (χ1v) is 6.09. The van der Waals surface area contributed by atoms with E-state index in [0.29, 0.717) is 18.7 Å². The number of hydrogen-bond donors (Lipinski definition) is 1. The predicted molar refractivity (Wildman–Crippen MR) is 64.3 cm³/mol. The van der Waals surface area contributed by atoms with E-state index in [0.717, 1.165) is 12.8 Å². The van der Waals surface area contributed by atoms with E-state index < -0.39 is 5.97 Å². The second-order valence-electron chi connectivity index (χ2n) is 3.89. The second-order valence-corrected chi connectivity index (χ2v) is 4.68. The Morgan fingerprint density at radius 1 is 1.47 bits per heavy atom. The summed E-state index contributed by atoms with van der Waals surface area (Å²) in [5.41, 5.74) is 0.359. The first-order valence-electron chi connectivity index (χ1n) is 5.30. The van der Waals surface area contributed by atoms with Gasteiger partial charge in [-0.15, -0.1) is 0 Å². The number of methoxy groups -OCH3 is 1. The van der Waals surface area contributed by atoms with Crippen LogP contribution in [0.15, 0.2) is 9.27 Å². The Morgan fingerprint density at radius 3 is 2.82 bits per heavy atom. The zero-order valence-electron chi connectivity index (χ0n) is 9.33. The Bertz CT molecular complexity index is 535. The Labute approximate surface area is 106 Å². The van der Waals surface area contributed by atoms with Gasteiger partial charge in [0.15, 0.2) is 5.75 Å². The van der Waals surface area contributed by atoms with Gasteiger partial charge < -0.3 is 14.4 Å². The van der Waals surface area contributed by atoms with E-state index in [-0.39, 0.29) is 21.3 Å². The van der Waals surface area contributed by atoms with Crippen LogP contribution < -0.4 is 5.56 Å². The van der Waals surface area contributed by atoms with Gasteiger partial charge in [-0.25, -0.2) is 4.79 Å². The SMILES string of the molecule is COC(=O)c1c(O)c(Br)c(=O)n2c1CCCC2. The maximum absolute atomic E-state index is 11.9. The summed E-state index contributed by atoms with van der Waals surface area (Å²) in [7, 11) is 1.25. The second kappa shape index (κ2) is 4.52. The molecule has 0 amide bonds. The maximum Gasteiger partial charge on any atom is 0.343 e. The molecule has 0 aliphatic carbocycles. The lowest BCUT2D eigenvalue weighted by Gasteiger charge is -2.21. The van der Waals surface area contributed by atoms with E-state index in [1.807, 2.05) is 0 Å².